The third-order valence-corrected chi connectivity index (χ3v) is 26.7. The molecule has 30 heteroatoms. The Morgan fingerprint density at radius 3 is 2.11 bits per heavy atom. The minimum atomic E-state index is -6.11. The number of carbonyl (C=O) groups is 5. The first-order valence-electron chi connectivity index (χ1n) is 37.7. The summed E-state index contributed by atoms with van der Waals surface area (Å²) in [4.78, 5) is 85.8. The van der Waals surface area contributed by atoms with Gasteiger partial charge in [-0.3, -0.25) is 38.7 Å². The van der Waals surface area contributed by atoms with E-state index >= 15 is 0 Å². The van der Waals surface area contributed by atoms with Crippen molar-refractivity contribution in [2.24, 2.45) is 10.8 Å². The van der Waals surface area contributed by atoms with E-state index in [9.17, 15) is 59.1 Å². The van der Waals surface area contributed by atoms with Gasteiger partial charge < -0.3 is 40.5 Å². The van der Waals surface area contributed by atoms with E-state index in [1.807, 2.05) is 116 Å². The van der Waals surface area contributed by atoms with Gasteiger partial charge in [-0.2, -0.15) is 13.2 Å². The summed E-state index contributed by atoms with van der Waals surface area (Å²) in [5, 5.41) is 20.5. The number of rotatable bonds is 29. The number of hydrogen-bond acceptors (Lipinski definition) is 19. The number of morpholine rings is 1. The van der Waals surface area contributed by atoms with Gasteiger partial charge in [0.15, 0.2) is 0 Å². The third kappa shape index (κ3) is 21.6. The van der Waals surface area contributed by atoms with Gasteiger partial charge in [0.2, 0.25) is 23.6 Å². The molecule has 1 aromatic heterocycles. The van der Waals surface area contributed by atoms with Crippen molar-refractivity contribution >= 4 is 101 Å². The predicted molar refractivity (Wildman–Crippen MR) is 424 cm³/mol. The molecule has 4 fully saturated rings. The van der Waals surface area contributed by atoms with Crippen LogP contribution in [0.15, 0.2) is 147 Å². The topological polar surface area (TPSA) is 264 Å². The number of nitrogens with one attached hydrogen (secondary N) is 4. The Balaban J connectivity index is 0.637. The van der Waals surface area contributed by atoms with Gasteiger partial charge in [-0.15, -0.1) is 23.1 Å². The third-order valence-electron chi connectivity index (χ3n) is 21.5. The first kappa shape index (κ1) is 83.5. The molecule has 5 amide bonds. The van der Waals surface area contributed by atoms with Crippen molar-refractivity contribution in [3.63, 3.8) is 0 Å². The lowest BCUT2D eigenvalue weighted by Crippen LogP contribution is -2.57. The SMILES string of the molecule is Cc1ncsc1-c1ccc([C@H](C)NC(=O)[C@@H]2C[C@@H](O)CN2C(=O)[C@@H](NC(=O)CCCCC(=O)N2CCN(CC3(C)CCC(c4ccc(Cl)cc4)=C(CN4CCN(c5ccc(C(=O)NS(=O)(=O)c6ccc(N[C@H](CCN7CCOCC7)CSc7ccccc7)c(S(=O)(=O)C(F)(F)F)c6)cc5)CC4)C3)CC2)C(C)(C)C)cc1. The number of piperazine rings is 2. The maximum absolute atomic E-state index is 14.4. The number of alkyl halides is 3. The molecule has 5 aliphatic rings. The normalized spacial score (nSPS) is 20.3. The Morgan fingerprint density at radius 2 is 1.45 bits per heavy atom. The van der Waals surface area contributed by atoms with Crippen LogP contribution < -0.4 is 25.6 Å². The molecule has 5 N–H and O–H groups in total. The maximum Gasteiger partial charge on any atom is 0.501 e. The number of anilines is 2. The van der Waals surface area contributed by atoms with Crippen LogP contribution in [0.5, 0.6) is 0 Å². The molecule has 4 saturated heterocycles. The lowest BCUT2D eigenvalue weighted by atomic mass is 9.71. The van der Waals surface area contributed by atoms with Crippen LogP contribution in [0.25, 0.3) is 16.0 Å². The van der Waals surface area contributed by atoms with Crippen molar-refractivity contribution in [3.8, 4) is 10.4 Å². The molecule has 110 heavy (non-hydrogen) atoms. The molecule has 0 saturated carbocycles. The van der Waals surface area contributed by atoms with Gasteiger partial charge in [-0.05, 0) is 152 Å². The number of carbonyl (C=O) groups excluding carboxylic acids is 5. The number of aliphatic hydroxyl groups excluding tert-OH is 1. The van der Waals surface area contributed by atoms with E-state index in [-0.39, 0.29) is 60.5 Å². The van der Waals surface area contributed by atoms with Crippen molar-refractivity contribution in [2.45, 2.75) is 150 Å². The summed E-state index contributed by atoms with van der Waals surface area (Å²) in [7, 11) is -11.0. The molecule has 5 heterocycles. The fourth-order valence-corrected chi connectivity index (χ4v) is 19.1. The van der Waals surface area contributed by atoms with E-state index in [0.29, 0.717) is 95.1 Å². The van der Waals surface area contributed by atoms with Crippen LogP contribution in [0.1, 0.15) is 126 Å². The monoisotopic (exact) mass is 1610 g/mol. The molecule has 6 aromatic rings. The molecule has 0 spiro atoms. The van der Waals surface area contributed by atoms with Crippen LogP contribution in [0.3, 0.4) is 0 Å². The van der Waals surface area contributed by atoms with Crippen LogP contribution in [0.2, 0.25) is 5.02 Å². The zero-order valence-corrected chi connectivity index (χ0v) is 67.2. The van der Waals surface area contributed by atoms with E-state index in [2.05, 4.69) is 59.6 Å². The zero-order chi connectivity index (χ0) is 78.7. The highest BCUT2D eigenvalue weighted by Gasteiger charge is 2.49. The number of thioether (sulfide) groups is 1. The Hall–Kier alpha value is -7.45. The second kappa shape index (κ2) is 36.6. The van der Waals surface area contributed by atoms with E-state index in [4.69, 9.17) is 16.3 Å². The fourth-order valence-electron chi connectivity index (χ4n) is 15.2. The van der Waals surface area contributed by atoms with Gasteiger partial charge >= 0.3 is 5.51 Å². The number of ether oxygens (including phenoxy) is 1. The highest BCUT2D eigenvalue weighted by Crippen LogP contribution is 2.45. The Kier molecular flexibility index (Phi) is 27.8. The van der Waals surface area contributed by atoms with E-state index in [0.717, 1.165) is 109 Å². The lowest BCUT2D eigenvalue weighted by molar-refractivity contribution is -0.144. The van der Waals surface area contributed by atoms with Gasteiger partial charge in [0.05, 0.1) is 52.0 Å². The van der Waals surface area contributed by atoms with Crippen molar-refractivity contribution < 1.29 is 63.8 Å². The lowest BCUT2D eigenvalue weighted by Gasteiger charge is -2.44. The van der Waals surface area contributed by atoms with Gasteiger partial charge in [-0.25, -0.2) is 26.5 Å². The van der Waals surface area contributed by atoms with Crippen molar-refractivity contribution in [2.75, 3.05) is 121 Å². The number of likely N-dealkylation sites (tertiary alicyclic amines) is 1. The van der Waals surface area contributed by atoms with Crippen molar-refractivity contribution in [3.05, 3.63) is 160 Å². The zero-order valence-electron chi connectivity index (χ0n) is 63.2. The fraction of sp³-hybridized carbons (Fsp3) is 0.500. The Labute approximate surface area is 657 Å². The molecule has 0 radical (unpaired) electrons. The number of amides is 5. The summed E-state index contributed by atoms with van der Waals surface area (Å²) < 4.78 is 105. The number of nitrogens with zero attached hydrogens (tertiary/aromatic N) is 7. The predicted octanol–water partition coefficient (Wildman–Crippen LogP) is 11.3. The summed E-state index contributed by atoms with van der Waals surface area (Å²) in [6.07, 6.45) is 3.61. The Morgan fingerprint density at radius 1 is 0.791 bits per heavy atom. The number of hydrogen-bond donors (Lipinski definition) is 5. The number of allylic oxidation sites excluding steroid dienone is 1. The van der Waals surface area contributed by atoms with Crippen LogP contribution in [-0.4, -0.2) is 221 Å². The number of β-amino-alcohol motifs (C(OH)–C–C–N with tert-alkyl or cyclic N) is 1. The number of benzene rings is 5. The number of halogens is 4. The molecular weight excluding hydrogens is 1510 g/mol. The average Bonchev–Trinajstić information content (AvgIpc) is 1.31. The first-order chi connectivity index (χ1) is 52.3. The Bertz CT molecular complexity index is 4460. The van der Waals surface area contributed by atoms with Crippen LogP contribution in [0, 0.1) is 17.8 Å². The number of sulfone groups is 1. The smallest absolute Gasteiger partial charge is 0.391 e. The van der Waals surface area contributed by atoms with Gasteiger partial charge in [0, 0.05) is 144 Å². The number of aliphatic hydroxyl groups is 1. The molecule has 6 atom stereocenters. The van der Waals surface area contributed by atoms with Gasteiger partial charge in [0.1, 0.15) is 17.0 Å². The van der Waals surface area contributed by atoms with Crippen molar-refractivity contribution in [1.82, 2.24) is 44.8 Å². The molecule has 4 aliphatic heterocycles. The summed E-state index contributed by atoms with van der Waals surface area (Å²) in [6, 6.07) is 31.2. The van der Waals surface area contributed by atoms with E-state index in [1.54, 1.807) is 23.5 Å². The standard InChI is InChI=1S/C80H101ClF3N11O11S4/c1-54(56-16-18-58(19-17-56)73-55(2)85-53-108-73)86-76(100)69-46-64(96)50-95(69)77(101)74(78(3,4)5)88-71(97)14-10-11-15-72(98)94-40-36-92(37-41-94)52-79(6)32-30-67(57-20-24-61(81)25-21-57)60(48-79)49-91-34-38-93(39-35-91)63-26-22-59(23-27-63)75(99)89-110(104,105)66-28-29-68(70(47-66)109(102,103)80(82,83)84)87-62(31-33-90-42-44-106-45-43-90)51-107-65-12-8-7-9-13-65/h7-9,12-13,16-29,47,53-54,62,64,69,74,87,96H,10-11,14-15,30-46,48-52H2,1-6H3,(H,86,100)(H,88,97)(H,89,99)/t54-,62+,64+,69-,74+,79?/m0/s1. The largest absolute Gasteiger partial charge is 0.501 e. The number of aromatic nitrogens is 1. The molecule has 1 unspecified atom stereocenters. The molecular formula is C80H101ClF3N11O11S4. The maximum atomic E-state index is 14.4. The van der Waals surface area contributed by atoms with Crippen LogP contribution >= 0.6 is 34.7 Å². The number of aryl methyl sites for hydroxylation is 1. The molecule has 0 bridgehead atoms. The summed E-state index contributed by atoms with van der Waals surface area (Å²) in [5.74, 6) is -1.84. The summed E-state index contributed by atoms with van der Waals surface area (Å²) in [5.41, 5.74) is 2.23. The van der Waals surface area contributed by atoms with E-state index in [1.165, 1.54) is 39.9 Å². The number of sulfonamides is 1. The average molecular weight is 1610 g/mol. The molecule has 5 aromatic carbocycles. The van der Waals surface area contributed by atoms with Crippen molar-refractivity contribution in [1.29, 1.82) is 0 Å². The number of unbranched alkanes of at least 4 members (excludes halogenated alkanes) is 1. The number of thiazole rings is 1. The summed E-state index contributed by atoms with van der Waals surface area (Å²) in [6.45, 7) is 21.6. The minimum Gasteiger partial charge on any atom is -0.391 e. The van der Waals surface area contributed by atoms with Gasteiger partial charge in [0.25, 0.3) is 25.8 Å². The quantitative estimate of drug-likeness (QED) is 0.0216. The van der Waals surface area contributed by atoms with Crippen LogP contribution in [-0.2, 0) is 43.8 Å². The minimum absolute atomic E-state index is 0.0368. The van der Waals surface area contributed by atoms with Gasteiger partial charge in [-0.1, -0.05) is 99.5 Å². The van der Waals surface area contributed by atoms with E-state index < -0.39 is 82.3 Å². The molecule has 11 rings (SSSR count). The second-order valence-corrected chi connectivity index (χ2v) is 36.9. The molecule has 22 nitrogen and oxygen atoms in total. The summed E-state index contributed by atoms with van der Waals surface area (Å²) >= 11 is 9.39. The first-order valence-corrected chi connectivity index (χ1v) is 42.9. The molecule has 1 aliphatic carbocycles. The second-order valence-electron chi connectivity index (χ2n) is 30.9. The highest BCUT2D eigenvalue weighted by atomic mass is 35.5. The van der Waals surface area contributed by atoms with Crippen LogP contribution in [0.4, 0.5) is 24.5 Å². The molecule has 594 valence electrons. The highest BCUT2D eigenvalue weighted by molar-refractivity contribution is 7.99.